The third kappa shape index (κ3) is 7.01. The second-order valence-electron chi connectivity index (χ2n) is 18.7. The Morgan fingerprint density at radius 2 is 1.29 bits per heavy atom. The number of rotatable bonds is 7. The van der Waals surface area contributed by atoms with Gasteiger partial charge in [0.1, 0.15) is 18.3 Å². The quantitative estimate of drug-likeness (QED) is 0.221. The fraction of sp³-hybridized carbons (Fsp3) is 0.902. The lowest BCUT2D eigenvalue weighted by Gasteiger charge is -2.65. The van der Waals surface area contributed by atoms with Gasteiger partial charge in [0, 0.05) is 30.9 Å². The largest absolute Gasteiger partial charge is 0.392 e. The summed E-state index contributed by atoms with van der Waals surface area (Å²) >= 11 is 0. The van der Waals surface area contributed by atoms with Gasteiger partial charge < -0.3 is 59.1 Å². The van der Waals surface area contributed by atoms with E-state index >= 15 is 0 Å². The molecule has 0 bridgehead atoms. The summed E-state index contributed by atoms with van der Waals surface area (Å²) in [6.45, 7) is 9.76. The van der Waals surface area contributed by atoms with Gasteiger partial charge in [0.15, 0.2) is 18.9 Å². The Hall–Kier alpha value is -1.40. The predicted molar refractivity (Wildman–Crippen MR) is 195 cm³/mol. The maximum absolute atomic E-state index is 12.6. The van der Waals surface area contributed by atoms with Crippen molar-refractivity contribution in [3.63, 3.8) is 0 Å². The fourth-order valence-electron chi connectivity index (χ4n) is 12.6. The first-order chi connectivity index (χ1) is 26.1. The topological polar surface area (TPSA) is 203 Å². The fourth-order valence-corrected chi connectivity index (χ4v) is 12.6. The highest BCUT2D eigenvalue weighted by molar-refractivity contribution is 5.28. The van der Waals surface area contributed by atoms with Crippen molar-refractivity contribution >= 4 is 0 Å². The first-order valence-electron chi connectivity index (χ1n) is 20.9. The van der Waals surface area contributed by atoms with Gasteiger partial charge in [-0.15, -0.1) is 0 Å². The highest BCUT2D eigenvalue weighted by atomic mass is 16.7. The van der Waals surface area contributed by atoms with Crippen LogP contribution in [0.1, 0.15) is 117 Å². The molecule has 310 valence electrons. The molecule has 14 nitrogen and oxygen atoms in total. The molecule has 6 N–H and O–H groups in total. The lowest BCUT2D eigenvalue weighted by atomic mass is 9.42. The Bertz CT molecular complexity index is 1440. The average molecular weight is 777 g/mol. The van der Waals surface area contributed by atoms with E-state index in [0.717, 1.165) is 44.1 Å². The van der Waals surface area contributed by atoms with E-state index in [0.29, 0.717) is 18.8 Å². The van der Waals surface area contributed by atoms with Gasteiger partial charge in [-0.05, 0) is 113 Å². The van der Waals surface area contributed by atoms with Crippen LogP contribution in [0, 0.1) is 28.6 Å². The van der Waals surface area contributed by atoms with Gasteiger partial charge in [-0.25, -0.2) is 0 Å². The van der Waals surface area contributed by atoms with E-state index < -0.39 is 90.9 Å². The van der Waals surface area contributed by atoms with E-state index in [1.807, 2.05) is 13.0 Å². The minimum atomic E-state index is -1.000. The number of ether oxygens (including phenoxy) is 6. The Kier molecular flexibility index (Phi) is 11.3. The summed E-state index contributed by atoms with van der Waals surface area (Å²) in [7, 11) is 0. The normalized spacial score (nSPS) is 54.2. The highest BCUT2D eigenvalue weighted by Crippen LogP contribution is 2.70. The van der Waals surface area contributed by atoms with Crippen molar-refractivity contribution in [1.82, 2.24) is 10.2 Å². The van der Waals surface area contributed by atoms with Gasteiger partial charge in [0.25, 0.3) is 0 Å². The van der Waals surface area contributed by atoms with Gasteiger partial charge in [0.05, 0.1) is 60.6 Å². The number of aromatic nitrogens is 2. The lowest BCUT2D eigenvalue weighted by Crippen LogP contribution is -2.66. The predicted octanol–water partition coefficient (Wildman–Crippen LogP) is 2.69. The molecule has 14 heteroatoms. The summed E-state index contributed by atoms with van der Waals surface area (Å²) in [5.74, 6) is 0.777. The van der Waals surface area contributed by atoms with Gasteiger partial charge >= 0.3 is 0 Å². The molecule has 0 radical (unpaired) electrons. The van der Waals surface area contributed by atoms with Crippen LogP contribution < -0.4 is 0 Å². The van der Waals surface area contributed by atoms with Crippen molar-refractivity contribution in [2.45, 2.75) is 203 Å². The maximum atomic E-state index is 12.6. The Morgan fingerprint density at radius 1 is 0.673 bits per heavy atom. The van der Waals surface area contributed by atoms with E-state index in [9.17, 15) is 30.6 Å². The molecule has 55 heavy (non-hydrogen) atoms. The Labute approximate surface area is 324 Å². The molecule has 1 aromatic rings. The van der Waals surface area contributed by atoms with E-state index in [4.69, 9.17) is 28.4 Å². The highest BCUT2D eigenvalue weighted by Gasteiger charge is 2.70. The summed E-state index contributed by atoms with van der Waals surface area (Å²) in [6, 6.07) is 1.98. The van der Waals surface area contributed by atoms with Crippen LogP contribution in [-0.4, -0.2) is 132 Å². The molecule has 2 unspecified atom stereocenters. The Morgan fingerprint density at radius 3 is 1.89 bits per heavy atom. The Balaban J connectivity index is 0.840. The molecule has 0 aromatic carbocycles. The molecule has 4 aliphatic carbocycles. The number of aliphatic hydroxyl groups excluding tert-OH is 5. The van der Waals surface area contributed by atoms with Gasteiger partial charge in [-0.1, -0.05) is 13.8 Å². The van der Waals surface area contributed by atoms with Crippen LogP contribution in [-0.2, 0) is 28.4 Å². The van der Waals surface area contributed by atoms with Crippen molar-refractivity contribution in [1.29, 1.82) is 0 Å². The van der Waals surface area contributed by atoms with Crippen LogP contribution in [0.4, 0.5) is 0 Å². The molecular formula is C41H64N2O12. The minimum absolute atomic E-state index is 0.0202. The van der Waals surface area contributed by atoms with Crippen molar-refractivity contribution in [3.8, 4) is 0 Å². The van der Waals surface area contributed by atoms with E-state index in [1.165, 1.54) is 0 Å². The third-order valence-electron chi connectivity index (χ3n) is 15.8. The van der Waals surface area contributed by atoms with Gasteiger partial charge in [-0.3, -0.25) is 0 Å². The molecule has 4 saturated carbocycles. The van der Waals surface area contributed by atoms with Crippen LogP contribution in [0.15, 0.2) is 18.5 Å². The van der Waals surface area contributed by atoms with Crippen LogP contribution in [0.25, 0.3) is 0 Å². The zero-order valence-electron chi connectivity index (χ0n) is 32.9. The molecule has 7 fully saturated rings. The molecule has 1 aromatic heterocycles. The third-order valence-corrected chi connectivity index (χ3v) is 15.8. The van der Waals surface area contributed by atoms with Crippen LogP contribution in [0.2, 0.25) is 0 Å². The van der Waals surface area contributed by atoms with Crippen molar-refractivity contribution in [2.24, 2.45) is 28.6 Å². The first kappa shape index (κ1) is 40.4. The number of fused-ring (bicyclic) bond motifs is 5. The first-order valence-corrected chi connectivity index (χ1v) is 20.9. The van der Waals surface area contributed by atoms with E-state index in [-0.39, 0.29) is 48.5 Å². The molecule has 7 aliphatic rings. The summed E-state index contributed by atoms with van der Waals surface area (Å²) in [5.41, 5.74) is -0.561. The SMILES string of the molecule is C[C@H]1O[C@@H](O[C@H]2[C@@H](O)C[C@H](O[C@H]3[C@@H](O)C[C@H](O[C@H]4CC[C@]5(C)C6C[C@@H](O)[C@]7(C)[C@@H](c8ccnnc8)CC[C@]7(O)C6CC[C@@H]5C4)O[C@@H]3C)O[C@@H]2C)C[C@H](O)[C@@H]1O. The zero-order valence-corrected chi connectivity index (χ0v) is 32.9. The number of hydrogen-bond donors (Lipinski definition) is 6. The molecule has 21 atom stereocenters. The lowest BCUT2D eigenvalue weighted by molar-refractivity contribution is -0.336. The zero-order chi connectivity index (χ0) is 39.0. The number of nitrogens with zero attached hydrogens (tertiary/aromatic N) is 2. The average Bonchev–Trinajstić information content (AvgIpc) is 3.43. The van der Waals surface area contributed by atoms with Crippen LogP contribution >= 0.6 is 0 Å². The summed E-state index contributed by atoms with van der Waals surface area (Å²) in [6.07, 6.45) is 0.987. The van der Waals surface area contributed by atoms with Gasteiger partial charge in [-0.2, -0.15) is 10.2 Å². The van der Waals surface area contributed by atoms with E-state index in [2.05, 4.69) is 24.0 Å². The molecule has 8 rings (SSSR count). The van der Waals surface area contributed by atoms with E-state index in [1.54, 1.807) is 26.2 Å². The standard InChI is InChI=1S/C41H64N2O12/c1-20-36(48)29(44)16-34(50-20)54-38-22(3)52-35(18-31(38)46)55-37-21(2)51-33(17-30(37)45)53-25-8-11-39(4)24(14-25)6-7-27-28(39)15-32(47)40(5)26(9-12-41(27,40)49)23-10-13-42-43-19-23/h10,13,19-22,24-38,44-49H,6-9,11-12,14-18H2,1-5H3/t20-,21-,22-,24-,25+,26-,27?,28?,29+,30+,31+,32-,33+,34+,35+,36-,37-,38-,39+,40+,41+/m1/s1. The number of hydrogen-bond acceptors (Lipinski definition) is 14. The smallest absolute Gasteiger partial charge is 0.161 e. The molecule has 0 spiro atoms. The molecule has 3 saturated heterocycles. The van der Waals surface area contributed by atoms with Crippen molar-refractivity contribution < 1.29 is 59.1 Å². The van der Waals surface area contributed by atoms with Gasteiger partial charge in [0.2, 0.25) is 0 Å². The summed E-state index contributed by atoms with van der Waals surface area (Å²) in [5, 5.41) is 75.1. The molecular weight excluding hydrogens is 712 g/mol. The van der Waals surface area contributed by atoms with Crippen molar-refractivity contribution in [2.75, 3.05) is 0 Å². The number of aliphatic hydroxyl groups is 6. The second kappa shape index (κ2) is 15.3. The summed E-state index contributed by atoms with van der Waals surface area (Å²) in [4.78, 5) is 0. The maximum Gasteiger partial charge on any atom is 0.161 e. The minimum Gasteiger partial charge on any atom is -0.392 e. The molecule has 4 heterocycles. The molecule has 3 aliphatic heterocycles. The van der Waals surface area contributed by atoms with Crippen LogP contribution in [0.3, 0.4) is 0 Å². The monoisotopic (exact) mass is 776 g/mol. The summed E-state index contributed by atoms with van der Waals surface area (Å²) < 4.78 is 36.9. The molecule has 0 amide bonds. The second-order valence-corrected chi connectivity index (χ2v) is 18.7. The van der Waals surface area contributed by atoms with Crippen molar-refractivity contribution in [3.05, 3.63) is 24.0 Å². The van der Waals surface area contributed by atoms with Crippen LogP contribution in [0.5, 0.6) is 0 Å².